The molecule has 216 valence electrons. The van der Waals surface area contributed by atoms with E-state index in [0.29, 0.717) is 16.2 Å². The number of carboxylic acid groups (broad SMARTS) is 3. The smallest absolute Gasteiger partial charge is 0.407 e. The summed E-state index contributed by atoms with van der Waals surface area (Å²) in [6, 6.07) is 4.01. The number of amides is 5. The zero-order chi connectivity index (χ0) is 29.4. The summed E-state index contributed by atoms with van der Waals surface area (Å²) in [6.45, 7) is 0.181. The second kappa shape index (κ2) is 13.0. The zero-order valence-corrected chi connectivity index (χ0v) is 21.6. The van der Waals surface area contributed by atoms with Crippen LogP contribution in [0.5, 0.6) is 0 Å². The Morgan fingerprint density at radius 2 is 1.45 bits per heavy atom. The number of imide groups is 2. The Morgan fingerprint density at radius 1 is 0.875 bits per heavy atom. The van der Waals surface area contributed by atoms with Crippen LogP contribution < -0.4 is 5.32 Å². The van der Waals surface area contributed by atoms with E-state index < -0.39 is 72.2 Å². The van der Waals surface area contributed by atoms with Crippen molar-refractivity contribution < 1.29 is 53.6 Å². The number of hydrogen-bond acceptors (Lipinski definition) is 8. The molecule has 2 unspecified atom stereocenters. The van der Waals surface area contributed by atoms with Crippen LogP contribution in [0.1, 0.15) is 56.9 Å². The Kier molecular flexibility index (Phi) is 9.80. The first-order chi connectivity index (χ1) is 19.0. The van der Waals surface area contributed by atoms with E-state index in [2.05, 4.69) is 5.32 Å². The van der Waals surface area contributed by atoms with Crippen molar-refractivity contribution in [1.82, 2.24) is 15.1 Å². The lowest BCUT2D eigenvalue weighted by Crippen LogP contribution is -2.72. The Hall–Kier alpha value is -4.49. The van der Waals surface area contributed by atoms with Gasteiger partial charge in [0.15, 0.2) is 0 Å². The molecule has 5 amide bonds. The van der Waals surface area contributed by atoms with Gasteiger partial charge in [-0.05, 0) is 44.1 Å². The Morgan fingerprint density at radius 3 is 1.95 bits per heavy atom. The van der Waals surface area contributed by atoms with Crippen LogP contribution in [0.2, 0.25) is 0 Å². The lowest BCUT2D eigenvalue weighted by atomic mass is 9.65. The number of rotatable bonds is 14. The molecule has 0 bridgehead atoms. The lowest BCUT2D eigenvalue weighted by molar-refractivity contribution is -0.175. The molecule has 1 heterocycles. The fraction of sp³-hybridized carbons (Fsp3) is 0.500. The molecule has 4 N–H and O–H groups in total. The molecule has 1 aliphatic carbocycles. The summed E-state index contributed by atoms with van der Waals surface area (Å²) in [5, 5.41) is 31.1. The maximum absolute atomic E-state index is 13.3. The molecule has 2 fully saturated rings. The van der Waals surface area contributed by atoms with Gasteiger partial charge in [-0.15, -0.1) is 0 Å². The predicted molar refractivity (Wildman–Crippen MR) is 134 cm³/mol. The average Bonchev–Trinajstić information content (AvgIpc) is 2.87. The van der Waals surface area contributed by atoms with Crippen LogP contribution in [-0.4, -0.2) is 85.6 Å². The van der Waals surface area contributed by atoms with Crippen molar-refractivity contribution in [3.63, 3.8) is 0 Å². The molecular weight excluding hydrogens is 530 g/mol. The number of carbonyl (C=O) groups excluding carboxylic acids is 4. The first-order valence-corrected chi connectivity index (χ1v) is 12.8. The number of aliphatic carboxylic acids is 3. The van der Waals surface area contributed by atoms with E-state index in [-0.39, 0.29) is 45.3 Å². The first-order valence-electron chi connectivity index (χ1n) is 12.8. The van der Waals surface area contributed by atoms with Gasteiger partial charge in [0.25, 0.3) is 0 Å². The minimum atomic E-state index is -1.88. The summed E-state index contributed by atoms with van der Waals surface area (Å²) in [6.07, 6.45) is -1.30. The largest absolute Gasteiger partial charge is 0.481 e. The molecule has 40 heavy (non-hydrogen) atoms. The van der Waals surface area contributed by atoms with Gasteiger partial charge < -0.3 is 25.4 Å². The van der Waals surface area contributed by atoms with Crippen molar-refractivity contribution in [3.05, 3.63) is 35.9 Å². The minimum absolute atomic E-state index is 0.0115. The molecule has 0 radical (unpaired) electrons. The molecule has 14 nitrogen and oxygen atoms in total. The molecule has 1 aromatic rings. The number of urea groups is 1. The number of carbonyl (C=O) groups is 7. The normalized spacial score (nSPS) is 17.6. The van der Waals surface area contributed by atoms with E-state index in [1.54, 1.807) is 24.3 Å². The van der Waals surface area contributed by atoms with Gasteiger partial charge >= 0.3 is 30.0 Å². The van der Waals surface area contributed by atoms with Crippen molar-refractivity contribution >= 4 is 41.8 Å². The van der Waals surface area contributed by atoms with E-state index in [1.165, 1.54) is 0 Å². The van der Waals surface area contributed by atoms with Crippen molar-refractivity contribution in [3.8, 4) is 0 Å². The number of carboxylic acids is 3. The number of alkyl carbamates (subject to hydrolysis) is 1. The van der Waals surface area contributed by atoms with E-state index in [9.17, 15) is 43.8 Å². The van der Waals surface area contributed by atoms with Crippen LogP contribution in [0, 0.1) is 5.41 Å². The molecule has 1 aromatic carbocycles. The zero-order valence-electron chi connectivity index (χ0n) is 21.6. The van der Waals surface area contributed by atoms with Gasteiger partial charge in [0.1, 0.15) is 24.1 Å². The number of hydrogen-bond donors (Lipinski definition) is 4. The Bertz CT molecular complexity index is 1170. The first kappa shape index (κ1) is 30.1. The van der Waals surface area contributed by atoms with Crippen molar-refractivity contribution in [2.75, 3.05) is 6.54 Å². The van der Waals surface area contributed by atoms with E-state index >= 15 is 0 Å². The highest BCUT2D eigenvalue weighted by atomic mass is 16.5. The number of nitrogens with zero attached hydrogens (tertiary/aromatic N) is 2. The third kappa shape index (κ3) is 6.55. The molecule has 0 aromatic heterocycles. The molecule has 2 atom stereocenters. The van der Waals surface area contributed by atoms with Gasteiger partial charge in [0.05, 0.1) is 0 Å². The fourth-order valence-electron chi connectivity index (χ4n) is 4.76. The summed E-state index contributed by atoms with van der Waals surface area (Å²) in [4.78, 5) is 87.7. The summed E-state index contributed by atoms with van der Waals surface area (Å²) < 4.78 is 5.09. The number of unbranched alkanes of at least 4 members (excludes halogenated alkanes) is 1. The molecular formula is C26H31N3O11. The van der Waals surface area contributed by atoms with Crippen molar-refractivity contribution in [2.45, 2.75) is 70.1 Å². The highest BCUT2D eigenvalue weighted by molar-refractivity contribution is 6.21. The summed E-state index contributed by atoms with van der Waals surface area (Å²) in [5.74, 6) is -6.58. The standard InChI is InChI=1S/C26H31N3O11/c30-19(31)11-10-18(21(34)35)29-23(37)26(12-6-13-26)22(36)28(25(29)39)17(20(32)33)9-4-5-14-27-24(38)40-15-16-7-2-1-3-8-16/h1-3,7-8,17-18H,4-6,9-15H2,(H,27,38)(H,30,31)(H,32,33)(H,34,35). The summed E-state index contributed by atoms with van der Waals surface area (Å²) in [5.41, 5.74) is -0.967. The van der Waals surface area contributed by atoms with Crippen LogP contribution in [-0.2, 0) is 35.3 Å². The topological polar surface area (TPSA) is 208 Å². The number of nitrogens with one attached hydrogen (secondary N) is 1. The molecule has 1 saturated heterocycles. The average molecular weight is 562 g/mol. The van der Waals surface area contributed by atoms with E-state index in [0.717, 1.165) is 5.56 Å². The van der Waals surface area contributed by atoms with E-state index in [4.69, 9.17) is 9.84 Å². The monoisotopic (exact) mass is 561 g/mol. The van der Waals surface area contributed by atoms with Gasteiger partial charge in [-0.3, -0.25) is 14.4 Å². The van der Waals surface area contributed by atoms with Crippen LogP contribution in [0.3, 0.4) is 0 Å². The highest BCUT2D eigenvalue weighted by Crippen LogP contribution is 2.48. The lowest BCUT2D eigenvalue weighted by Gasteiger charge is -2.50. The second-order valence-corrected chi connectivity index (χ2v) is 9.69. The third-order valence-corrected chi connectivity index (χ3v) is 7.09. The third-order valence-electron chi connectivity index (χ3n) is 7.09. The molecule has 3 rings (SSSR count). The number of ether oxygens (including phenoxy) is 1. The maximum atomic E-state index is 13.3. The van der Waals surface area contributed by atoms with Crippen LogP contribution >= 0.6 is 0 Å². The quantitative estimate of drug-likeness (QED) is 0.190. The van der Waals surface area contributed by atoms with Crippen LogP contribution in [0.15, 0.2) is 30.3 Å². The maximum Gasteiger partial charge on any atom is 0.407 e. The van der Waals surface area contributed by atoms with Gasteiger partial charge in [-0.2, -0.15) is 0 Å². The van der Waals surface area contributed by atoms with Gasteiger partial charge in [-0.25, -0.2) is 29.0 Å². The van der Waals surface area contributed by atoms with Crippen LogP contribution in [0.4, 0.5) is 9.59 Å². The fourth-order valence-corrected chi connectivity index (χ4v) is 4.76. The summed E-state index contributed by atoms with van der Waals surface area (Å²) >= 11 is 0. The molecule has 2 aliphatic rings. The molecule has 1 saturated carbocycles. The van der Waals surface area contributed by atoms with Crippen LogP contribution in [0.25, 0.3) is 0 Å². The van der Waals surface area contributed by atoms with Crippen molar-refractivity contribution in [2.24, 2.45) is 5.41 Å². The van der Waals surface area contributed by atoms with Crippen molar-refractivity contribution in [1.29, 1.82) is 0 Å². The minimum Gasteiger partial charge on any atom is -0.481 e. The Labute approximate surface area is 228 Å². The van der Waals surface area contributed by atoms with Gasteiger partial charge in [0.2, 0.25) is 11.8 Å². The highest BCUT2D eigenvalue weighted by Gasteiger charge is 2.63. The predicted octanol–water partition coefficient (Wildman–Crippen LogP) is 1.82. The van der Waals surface area contributed by atoms with E-state index in [1.807, 2.05) is 6.07 Å². The molecule has 14 heteroatoms. The molecule has 1 spiro atoms. The molecule has 1 aliphatic heterocycles. The van der Waals surface area contributed by atoms with Gasteiger partial charge in [0, 0.05) is 13.0 Å². The number of benzene rings is 1. The second-order valence-electron chi connectivity index (χ2n) is 9.69. The van der Waals surface area contributed by atoms with Gasteiger partial charge in [-0.1, -0.05) is 36.8 Å². The Balaban J connectivity index is 1.66. The summed E-state index contributed by atoms with van der Waals surface area (Å²) in [7, 11) is 0. The number of barbiturate groups is 1. The SMILES string of the molecule is O=C(O)CCC(C(=O)O)N1C(=O)N(C(CCCCNC(=O)OCc2ccccc2)C(=O)O)C(=O)C2(CCC2)C1=O.